The van der Waals surface area contributed by atoms with Crippen LogP contribution in [0.4, 0.5) is 5.69 Å². The second-order valence-electron chi connectivity index (χ2n) is 11.7. The topological polar surface area (TPSA) is 123 Å². The predicted molar refractivity (Wildman–Crippen MR) is 178 cm³/mol. The second-order valence-corrected chi connectivity index (χ2v) is 11.7. The first-order chi connectivity index (χ1) is 22.9. The summed E-state index contributed by atoms with van der Waals surface area (Å²) in [6, 6.07) is 28.8. The molecule has 2 aromatic heterocycles. The van der Waals surface area contributed by atoms with Gasteiger partial charge in [-0.2, -0.15) is 9.83 Å². The molecule has 6 rings (SSSR count). The lowest BCUT2D eigenvalue weighted by Crippen LogP contribution is -2.48. The number of anilines is 1. The molecule has 5 aromatic rings. The van der Waals surface area contributed by atoms with Gasteiger partial charge >= 0.3 is 0 Å². The first kappa shape index (κ1) is 31.2. The zero-order valence-corrected chi connectivity index (χ0v) is 26.1. The molecular weight excluding hydrogens is 592 g/mol. The number of rotatable bonds is 10. The smallest absolute Gasteiger partial charge is 0.270 e. The molecule has 238 valence electrons. The molecule has 10 heteroatoms. The Kier molecular flexibility index (Phi) is 9.38. The summed E-state index contributed by atoms with van der Waals surface area (Å²) in [6.07, 6.45) is 6.52. The van der Waals surface area contributed by atoms with Gasteiger partial charge in [0.25, 0.3) is 5.91 Å². The van der Waals surface area contributed by atoms with Gasteiger partial charge in [-0.25, -0.2) is 0 Å². The van der Waals surface area contributed by atoms with Crippen LogP contribution >= 0.6 is 0 Å². The van der Waals surface area contributed by atoms with E-state index in [1.165, 1.54) is 23.3 Å². The average molecular weight is 629 g/mol. The third-order valence-corrected chi connectivity index (χ3v) is 8.55. The van der Waals surface area contributed by atoms with Crippen molar-refractivity contribution in [2.24, 2.45) is 7.05 Å². The number of aryl methyl sites for hydroxylation is 1. The van der Waals surface area contributed by atoms with Crippen LogP contribution in [-0.4, -0.2) is 51.5 Å². The Morgan fingerprint density at radius 1 is 0.872 bits per heavy atom. The lowest BCUT2D eigenvalue weighted by atomic mass is 9.84. The molecule has 3 aromatic carbocycles. The van der Waals surface area contributed by atoms with E-state index >= 15 is 0 Å². The molecule has 1 fully saturated rings. The summed E-state index contributed by atoms with van der Waals surface area (Å²) >= 11 is 0. The number of carbonyl (C=O) groups is 3. The van der Waals surface area contributed by atoms with Crippen LogP contribution in [0.25, 0.3) is 11.1 Å². The van der Waals surface area contributed by atoms with E-state index in [9.17, 15) is 19.6 Å². The van der Waals surface area contributed by atoms with E-state index in [1.54, 1.807) is 31.3 Å². The zero-order valence-electron chi connectivity index (χ0n) is 26.1. The zero-order chi connectivity index (χ0) is 32.8. The quantitative estimate of drug-likeness (QED) is 0.175. The molecule has 3 heterocycles. The first-order valence-electron chi connectivity index (χ1n) is 15.7. The third kappa shape index (κ3) is 7.22. The Morgan fingerprint density at radius 3 is 2.11 bits per heavy atom. The summed E-state index contributed by atoms with van der Waals surface area (Å²) in [6.45, 7) is 1.48. The van der Waals surface area contributed by atoms with E-state index in [4.69, 9.17) is 0 Å². The summed E-state index contributed by atoms with van der Waals surface area (Å²) in [5.74, 6) is -1.31. The van der Waals surface area contributed by atoms with Crippen LogP contribution in [0.3, 0.4) is 0 Å². The lowest BCUT2D eigenvalue weighted by molar-refractivity contribution is -0.605. The van der Waals surface area contributed by atoms with Crippen LogP contribution in [0.2, 0.25) is 0 Å². The molecule has 47 heavy (non-hydrogen) atoms. The van der Waals surface area contributed by atoms with Gasteiger partial charge in [-0.15, -0.1) is 0 Å². The van der Waals surface area contributed by atoms with Crippen molar-refractivity contribution in [3.8, 4) is 11.1 Å². The number of nitrogens with one attached hydrogen (secondary N) is 2. The van der Waals surface area contributed by atoms with Crippen molar-refractivity contribution in [2.45, 2.75) is 31.2 Å². The highest BCUT2D eigenvalue weighted by Crippen LogP contribution is 2.30. The summed E-state index contributed by atoms with van der Waals surface area (Å²) in [7, 11) is 1.68. The van der Waals surface area contributed by atoms with E-state index < -0.39 is 23.8 Å². The first-order valence-corrected chi connectivity index (χ1v) is 15.7. The van der Waals surface area contributed by atoms with Gasteiger partial charge in [-0.3, -0.25) is 19.1 Å². The lowest BCUT2D eigenvalue weighted by Gasteiger charge is -2.28. The fourth-order valence-electron chi connectivity index (χ4n) is 6.15. The Balaban J connectivity index is 1.28. The molecule has 0 saturated carbocycles. The maximum atomic E-state index is 14.2. The molecule has 0 spiro atoms. The Labute approximate surface area is 273 Å². The highest BCUT2D eigenvalue weighted by molar-refractivity contribution is 6.01. The van der Waals surface area contributed by atoms with Gasteiger partial charge in [-0.1, -0.05) is 72.8 Å². The van der Waals surface area contributed by atoms with Crippen LogP contribution in [-0.2, 0) is 23.1 Å². The second kappa shape index (κ2) is 14.1. The number of amides is 3. The van der Waals surface area contributed by atoms with Gasteiger partial charge in [0.15, 0.2) is 12.4 Å². The summed E-state index contributed by atoms with van der Waals surface area (Å²) in [5.41, 5.74) is 4.82. The number of aromatic nitrogens is 3. The number of benzene rings is 3. The number of hydrogen-bond donors (Lipinski definition) is 2. The van der Waals surface area contributed by atoms with Crippen molar-refractivity contribution in [1.29, 1.82) is 0 Å². The molecule has 0 aliphatic carbocycles. The Hall–Kier alpha value is -5.77. The largest absolute Gasteiger partial charge is 0.619 e. The fraction of sp³-hybridized carbons (Fsp3) is 0.216. The summed E-state index contributed by atoms with van der Waals surface area (Å²) in [4.78, 5) is 42.4. The molecule has 1 atom stereocenters. The minimum absolute atomic E-state index is 0.00410. The number of carbonyl (C=O) groups excluding carboxylic acids is 3. The highest BCUT2D eigenvalue weighted by Gasteiger charge is 2.33. The fourth-order valence-corrected chi connectivity index (χ4v) is 6.15. The third-order valence-electron chi connectivity index (χ3n) is 8.55. The SMILES string of the molecule is Cn1nccc1C(=O)NC(C(=O)Nc1ccc(-c2cc[n+]([O-])cc2CC(=O)N2CCCC2)cc1)C(c1ccccc1)c1ccccc1. The van der Waals surface area contributed by atoms with Crippen LogP contribution < -0.4 is 15.4 Å². The van der Waals surface area contributed by atoms with E-state index in [1.807, 2.05) is 77.7 Å². The van der Waals surface area contributed by atoms with Crippen LogP contribution in [0, 0.1) is 5.21 Å². The van der Waals surface area contributed by atoms with Crippen molar-refractivity contribution < 1.29 is 19.1 Å². The Bertz CT molecular complexity index is 1810. The van der Waals surface area contributed by atoms with Crippen molar-refractivity contribution in [3.63, 3.8) is 0 Å². The monoisotopic (exact) mass is 628 g/mol. The average Bonchev–Trinajstić information content (AvgIpc) is 3.79. The number of nitrogens with zero attached hydrogens (tertiary/aromatic N) is 4. The molecule has 0 bridgehead atoms. The Morgan fingerprint density at radius 2 is 1.51 bits per heavy atom. The molecule has 10 nitrogen and oxygen atoms in total. The van der Waals surface area contributed by atoms with E-state index in [0.717, 1.165) is 48.2 Å². The van der Waals surface area contributed by atoms with Gasteiger partial charge in [0.1, 0.15) is 11.7 Å². The minimum atomic E-state index is -0.980. The maximum absolute atomic E-state index is 14.2. The normalized spacial score (nSPS) is 13.4. The van der Waals surface area contributed by atoms with Gasteiger partial charge in [-0.05, 0) is 53.3 Å². The van der Waals surface area contributed by atoms with Gasteiger partial charge in [0.05, 0.1) is 6.42 Å². The molecule has 1 unspecified atom stereocenters. The summed E-state index contributed by atoms with van der Waals surface area (Å²) in [5, 5.41) is 22.3. The number of pyridine rings is 1. The molecule has 1 aliphatic rings. The van der Waals surface area contributed by atoms with Crippen LogP contribution in [0.5, 0.6) is 0 Å². The highest BCUT2D eigenvalue weighted by atomic mass is 16.5. The van der Waals surface area contributed by atoms with Crippen LogP contribution in [0.15, 0.2) is 116 Å². The molecule has 1 aliphatic heterocycles. The molecule has 3 amide bonds. The maximum Gasteiger partial charge on any atom is 0.270 e. The van der Waals surface area contributed by atoms with Gasteiger partial charge in [0.2, 0.25) is 11.8 Å². The number of hydrogen-bond acceptors (Lipinski definition) is 5. The standard InChI is InChI=1S/C37H36N6O4/c1-41-32(18-20-38-41)36(45)40-35(34(27-10-4-2-5-11-27)28-12-6-3-7-13-28)37(46)39-30-16-14-26(15-17-30)31-19-23-43(47)25-29(31)24-33(44)42-21-8-9-22-42/h2-7,10-20,23,25,34-35H,8-9,21-22,24H2,1H3,(H,39,46)(H,40,45). The predicted octanol–water partition coefficient (Wildman–Crippen LogP) is 4.45. The molecular formula is C37H36N6O4. The van der Waals surface area contributed by atoms with E-state index in [2.05, 4.69) is 15.7 Å². The van der Waals surface area contributed by atoms with Crippen molar-refractivity contribution in [3.05, 3.63) is 143 Å². The minimum Gasteiger partial charge on any atom is -0.619 e. The van der Waals surface area contributed by atoms with Gasteiger partial charge in [0, 0.05) is 49.6 Å². The molecule has 2 N–H and O–H groups in total. The van der Waals surface area contributed by atoms with Crippen molar-refractivity contribution >= 4 is 23.4 Å². The van der Waals surface area contributed by atoms with Crippen molar-refractivity contribution in [2.75, 3.05) is 18.4 Å². The summed E-state index contributed by atoms with van der Waals surface area (Å²) < 4.78 is 2.18. The van der Waals surface area contributed by atoms with Gasteiger partial charge < -0.3 is 20.7 Å². The molecule has 1 saturated heterocycles. The van der Waals surface area contributed by atoms with Crippen LogP contribution in [0.1, 0.15) is 45.9 Å². The number of likely N-dealkylation sites (tertiary alicyclic amines) is 1. The molecule has 0 radical (unpaired) electrons. The van der Waals surface area contributed by atoms with E-state index in [-0.39, 0.29) is 12.3 Å². The van der Waals surface area contributed by atoms with Crippen molar-refractivity contribution in [1.82, 2.24) is 20.0 Å². The van der Waals surface area contributed by atoms with E-state index in [0.29, 0.717) is 21.7 Å².